The Labute approximate surface area is 175 Å². The van der Waals surface area contributed by atoms with Gasteiger partial charge >= 0.3 is 0 Å². The van der Waals surface area contributed by atoms with Crippen molar-refractivity contribution in [1.29, 1.82) is 0 Å². The lowest BCUT2D eigenvalue weighted by Crippen LogP contribution is -2.64. The number of hydrogen-bond acceptors (Lipinski definition) is 5. The molecule has 2 aromatic rings. The molecule has 160 valence electrons. The second kappa shape index (κ2) is 8.56. The summed E-state index contributed by atoms with van der Waals surface area (Å²) in [5.74, 6) is -0.327. The lowest BCUT2D eigenvalue weighted by molar-refractivity contribution is -0.133. The molecule has 3 rings (SSSR count). The number of hydrogen-bond donors (Lipinski definition) is 2. The van der Waals surface area contributed by atoms with Crippen LogP contribution < -0.4 is 15.4 Å². The molecule has 1 aromatic carbocycles. The highest BCUT2D eigenvalue weighted by Gasteiger charge is 2.48. The van der Waals surface area contributed by atoms with Gasteiger partial charge in [0.2, 0.25) is 5.91 Å². The zero-order valence-electron chi connectivity index (χ0n) is 17.7. The summed E-state index contributed by atoms with van der Waals surface area (Å²) in [5.41, 5.74) is 0.0995. The van der Waals surface area contributed by atoms with E-state index in [2.05, 4.69) is 15.6 Å². The maximum atomic E-state index is 13.3. The van der Waals surface area contributed by atoms with E-state index >= 15 is 0 Å². The number of aromatic nitrogens is 2. The van der Waals surface area contributed by atoms with Gasteiger partial charge in [0.25, 0.3) is 11.8 Å². The molecule has 0 spiro atoms. The fourth-order valence-electron chi connectivity index (χ4n) is 3.66. The lowest BCUT2D eigenvalue weighted by atomic mass is 9.94. The Bertz CT molecular complexity index is 953. The smallest absolute Gasteiger partial charge is 0.273 e. The first-order chi connectivity index (χ1) is 14.3. The van der Waals surface area contributed by atoms with Gasteiger partial charge < -0.3 is 24.8 Å². The molecule has 9 heteroatoms. The third kappa shape index (κ3) is 3.74. The number of rotatable bonds is 7. The van der Waals surface area contributed by atoms with Gasteiger partial charge in [0.1, 0.15) is 17.0 Å². The summed E-state index contributed by atoms with van der Waals surface area (Å²) in [6.07, 6.45) is 2.12. The molecular weight excluding hydrogens is 386 g/mol. The van der Waals surface area contributed by atoms with Gasteiger partial charge in [0.05, 0.1) is 20.0 Å². The van der Waals surface area contributed by atoms with E-state index in [0.29, 0.717) is 19.5 Å². The average Bonchev–Trinajstić information content (AvgIpc) is 3.18. The monoisotopic (exact) mass is 413 g/mol. The number of ether oxygens (including phenoxy) is 1. The molecular formula is C21H27N5O4. The van der Waals surface area contributed by atoms with Crippen molar-refractivity contribution in [3.63, 3.8) is 0 Å². The quantitative estimate of drug-likeness (QED) is 0.709. The van der Waals surface area contributed by atoms with E-state index in [-0.39, 0.29) is 29.7 Å². The zero-order valence-corrected chi connectivity index (χ0v) is 17.7. The molecule has 1 aromatic heterocycles. The molecule has 0 aliphatic carbocycles. The molecule has 0 bridgehead atoms. The van der Waals surface area contributed by atoms with E-state index in [1.807, 2.05) is 31.2 Å². The summed E-state index contributed by atoms with van der Waals surface area (Å²) < 4.78 is 6.74. The SMILES string of the molecule is CCCN1C(=O)c2c(C(=O)NC)ncn2CC1(C)C(=O)NCc1ccc(OC)cc1. The van der Waals surface area contributed by atoms with Crippen molar-refractivity contribution in [3.05, 3.63) is 47.5 Å². The molecule has 30 heavy (non-hydrogen) atoms. The first-order valence-corrected chi connectivity index (χ1v) is 9.86. The number of carbonyl (C=O) groups is 3. The van der Waals surface area contributed by atoms with Crippen LogP contribution in [0.3, 0.4) is 0 Å². The normalized spacial score (nSPS) is 18.0. The van der Waals surface area contributed by atoms with Gasteiger partial charge in [-0.15, -0.1) is 0 Å². The molecule has 1 unspecified atom stereocenters. The molecule has 2 heterocycles. The second-order valence-corrected chi connectivity index (χ2v) is 7.41. The van der Waals surface area contributed by atoms with Crippen LogP contribution in [0, 0.1) is 0 Å². The standard InChI is InChI=1S/C21H27N5O4/c1-5-10-26-19(28)17-16(18(27)22-3)24-13-25(17)12-21(26,2)20(29)23-11-14-6-8-15(30-4)9-7-14/h6-9,13H,5,10-12H2,1-4H3,(H,22,27)(H,23,29). The second-order valence-electron chi connectivity index (χ2n) is 7.41. The Morgan fingerprint density at radius 2 is 1.97 bits per heavy atom. The Balaban J connectivity index is 1.85. The van der Waals surface area contributed by atoms with Crippen molar-refractivity contribution >= 4 is 17.7 Å². The maximum absolute atomic E-state index is 13.3. The van der Waals surface area contributed by atoms with Crippen molar-refractivity contribution < 1.29 is 19.1 Å². The number of imidazole rings is 1. The van der Waals surface area contributed by atoms with Gasteiger partial charge in [-0.05, 0) is 31.0 Å². The Kier molecular flexibility index (Phi) is 6.09. The summed E-state index contributed by atoms with van der Waals surface area (Å²) in [7, 11) is 3.09. The Hall–Kier alpha value is -3.36. The number of fused-ring (bicyclic) bond motifs is 1. The maximum Gasteiger partial charge on any atom is 0.273 e. The number of nitrogens with zero attached hydrogens (tertiary/aromatic N) is 3. The van der Waals surface area contributed by atoms with Crippen molar-refractivity contribution in [2.45, 2.75) is 38.9 Å². The number of amides is 3. The van der Waals surface area contributed by atoms with Gasteiger partial charge in [-0.25, -0.2) is 4.98 Å². The first-order valence-electron chi connectivity index (χ1n) is 9.86. The first kappa shape index (κ1) is 21.4. The van der Waals surface area contributed by atoms with Gasteiger partial charge in [0, 0.05) is 20.1 Å². The summed E-state index contributed by atoms with van der Waals surface area (Å²) in [6.45, 7) is 4.62. The molecule has 0 saturated carbocycles. The largest absolute Gasteiger partial charge is 0.497 e. The molecule has 1 aliphatic rings. The molecule has 0 saturated heterocycles. The van der Waals surface area contributed by atoms with Crippen LogP contribution in [0.2, 0.25) is 0 Å². The minimum absolute atomic E-state index is 0.0734. The molecule has 0 fully saturated rings. The predicted molar refractivity (Wildman–Crippen MR) is 110 cm³/mol. The number of carbonyl (C=O) groups excluding carboxylic acids is 3. The van der Waals surface area contributed by atoms with E-state index < -0.39 is 11.4 Å². The summed E-state index contributed by atoms with van der Waals surface area (Å²) >= 11 is 0. The van der Waals surface area contributed by atoms with Crippen LogP contribution in [0.5, 0.6) is 5.75 Å². The third-order valence-electron chi connectivity index (χ3n) is 5.35. The van der Waals surface area contributed by atoms with E-state index in [1.165, 1.54) is 13.4 Å². The van der Waals surface area contributed by atoms with E-state index in [4.69, 9.17) is 4.74 Å². The molecule has 2 N–H and O–H groups in total. The van der Waals surface area contributed by atoms with E-state index in [0.717, 1.165) is 11.3 Å². The highest BCUT2D eigenvalue weighted by Crippen LogP contribution is 2.29. The highest BCUT2D eigenvalue weighted by atomic mass is 16.5. The van der Waals surface area contributed by atoms with Crippen LogP contribution in [0.25, 0.3) is 0 Å². The number of methoxy groups -OCH3 is 1. The molecule has 9 nitrogen and oxygen atoms in total. The van der Waals surface area contributed by atoms with Crippen molar-refractivity contribution in [2.24, 2.45) is 0 Å². The van der Waals surface area contributed by atoms with E-state index in [1.54, 1.807) is 23.5 Å². The Morgan fingerprint density at radius 3 is 2.57 bits per heavy atom. The zero-order chi connectivity index (χ0) is 21.9. The summed E-state index contributed by atoms with van der Waals surface area (Å²) in [4.78, 5) is 44.2. The van der Waals surface area contributed by atoms with Crippen LogP contribution >= 0.6 is 0 Å². The van der Waals surface area contributed by atoms with Crippen LogP contribution in [0.15, 0.2) is 30.6 Å². The summed E-state index contributed by atoms with van der Waals surface area (Å²) in [5, 5.41) is 5.44. The number of benzene rings is 1. The highest BCUT2D eigenvalue weighted by molar-refractivity contribution is 6.07. The average molecular weight is 413 g/mol. The predicted octanol–water partition coefficient (Wildman–Crippen LogP) is 1.19. The number of nitrogens with one attached hydrogen (secondary N) is 2. The van der Waals surface area contributed by atoms with E-state index in [9.17, 15) is 14.4 Å². The topological polar surface area (TPSA) is 106 Å². The molecule has 1 aliphatic heterocycles. The van der Waals surface area contributed by atoms with Gasteiger partial charge in [0.15, 0.2) is 5.69 Å². The summed E-state index contributed by atoms with van der Waals surface area (Å²) in [6, 6.07) is 7.41. The van der Waals surface area contributed by atoms with Crippen LogP contribution in [-0.4, -0.2) is 58.4 Å². The van der Waals surface area contributed by atoms with Gasteiger partial charge in [-0.3, -0.25) is 14.4 Å². The van der Waals surface area contributed by atoms with Crippen LogP contribution in [-0.2, 0) is 17.9 Å². The molecule has 1 atom stereocenters. The van der Waals surface area contributed by atoms with Gasteiger partial charge in [-0.2, -0.15) is 0 Å². The minimum Gasteiger partial charge on any atom is -0.497 e. The lowest BCUT2D eigenvalue weighted by Gasteiger charge is -2.43. The van der Waals surface area contributed by atoms with Crippen molar-refractivity contribution in [1.82, 2.24) is 25.1 Å². The Morgan fingerprint density at radius 1 is 1.27 bits per heavy atom. The van der Waals surface area contributed by atoms with Crippen LogP contribution in [0.1, 0.15) is 46.8 Å². The molecule has 0 radical (unpaired) electrons. The van der Waals surface area contributed by atoms with Gasteiger partial charge in [-0.1, -0.05) is 19.1 Å². The fraction of sp³-hybridized carbons (Fsp3) is 0.429. The van der Waals surface area contributed by atoms with Crippen molar-refractivity contribution in [2.75, 3.05) is 20.7 Å². The molecule has 3 amide bonds. The third-order valence-corrected chi connectivity index (χ3v) is 5.35. The van der Waals surface area contributed by atoms with Crippen molar-refractivity contribution in [3.8, 4) is 5.75 Å². The fourth-order valence-corrected chi connectivity index (χ4v) is 3.66. The minimum atomic E-state index is -1.10. The van der Waals surface area contributed by atoms with Crippen LogP contribution in [0.4, 0.5) is 0 Å².